The van der Waals surface area contributed by atoms with Crippen LogP contribution in [0.5, 0.6) is 0 Å². The maximum atomic E-state index is 4.52. The Balaban J connectivity index is 0.000000413. The number of nitrogens with zero attached hydrogens (tertiary/aromatic N) is 1. The molecule has 0 atom stereocenters. The summed E-state index contributed by atoms with van der Waals surface area (Å²) in [6.07, 6.45) is 3.65. The van der Waals surface area contributed by atoms with Gasteiger partial charge in [0.25, 0.3) is 0 Å². The lowest BCUT2D eigenvalue weighted by Gasteiger charge is -2.19. The Morgan fingerprint density at radius 3 is 1.92 bits per heavy atom. The molecule has 0 radical (unpaired) electrons. The monoisotopic (exact) mass is 429 g/mol. The molecule has 7 heteroatoms. The predicted octanol–water partition coefficient (Wildman–Crippen LogP) is 4.67. The van der Waals surface area contributed by atoms with Gasteiger partial charge in [-0.25, -0.2) is 0 Å². The first-order chi connectivity index (χ1) is 11.4. The highest BCUT2D eigenvalue weighted by molar-refractivity contribution is 8.64. The zero-order valence-corrected chi connectivity index (χ0v) is 18.6. The molecule has 1 aromatic carbocycles. The maximum Gasteiger partial charge on any atom is 0.0702 e. The van der Waals surface area contributed by atoms with Crippen molar-refractivity contribution in [2.45, 2.75) is 26.2 Å². The van der Waals surface area contributed by atoms with E-state index in [1.165, 1.54) is 41.1 Å². The molecule has 0 aliphatic rings. The van der Waals surface area contributed by atoms with Gasteiger partial charge < -0.3 is 0 Å². The van der Waals surface area contributed by atoms with Crippen LogP contribution in [0, 0.1) is 0 Å². The molecule has 0 aliphatic heterocycles. The van der Waals surface area contributed by atoms with Gasteiger partial charge in [0.1, 0.15) is 0 Å². The van der Waals surface area contributed by atoms with Crippen molar-refractivity contribution in [1.29, 1.82) is 0 Å². The van der Waals surface area contributed by atoms with Gasteiger partial charge in [-0.3, -0.25) is 4.98 Å². The Bertz CT molecular complexity index is 806. The zero-order chi connectivity index (χ0) is 18.0. The fourth-order valence-electron chi connectivity index (χ4n) is 1.86. The van der Waals surface area contributed by atoms with Crippen LogP contribution in [0.1, 0.15) is 31.9 Å². The highest BCUT2D eigenvalue weighted by Crippen LogP contribution is 2.25. The third kappa shape index (κ3) is 7.55. The Labute approximate surface area is 165 Å². The van der Waals surface area contributed by atoms with Crippen molar-refractivity contribution in [2.24, 2.45) is 0 Å². The second-order valence-corrected chi connectivity index (χ2v) is 12.9. The van der Waals surface area contributed by atoms with Crippen LogP contribution in [0.2, 0.25) is 0 Å². The molecule has 1 heterocycles. The first kappa shape index (κ1) is 21.5. The van der Waals surface area contributed by atoms with Gasteiger partial charge in [0.05, 0.1) is 5.69 Å². The lowest BCUT2D eigenvalue weighted by Crippen LogP contribution is -2.10. The minimum absolute atomic E-state index is 0.193. The Hall–Kier alpha value is -0.570. The maximum absolute atomic E-state index is 4.52. The van der Waals surface area contributed by atoms with E-state index in [9.17, 15) is 0 Å². The minimum atomic E-state index is 0.193. The summed E-state index contributed by atoms with van der Waals surface area (Å²) in [6, 6.07) is 12.7. The molecule has 0 saturated carbocycles. The van der Waals surface area contributed by atoms with Crippen LogP contribution in [0.15, 0.2) is 49.2 Å². The molecule has 1 nitrogen and oxygen atoms in total. The first-order valence-corrected chi connectivity index (χ1v) is 13.7. The molecule has 1 aromatic heterocycles. The predicted molar refractivity (Wildman–Crippen MR) is 123 cm³/mol. The Morgan fingerprint density at radius 2 is 1.54 bits per heavy atom. The summed E-state index contributed by atoms with van der Waals surface area (Å²) in [5, 5.41) is 0. The fraction of sp³-hybridized carbons (Fsp3) is 0.235. The SMILES string of the molecule is C=Cc1ccc(-c2ccc(C(C)(C)C)cc2)nc1.S=S=S=S=S=S. The summed E-state index contributed by atoms with van der Waals surface area (Å²) in [5.41, 5.74) is 4.73. The molecular weight excluding hydrogens is 411 g/mol. The highest BCUT2D eigenvalue weighted by Gasteiger charge is 2.13. The van der Waals surface area contributed by atoms with E-state index < -0.39 is 0 Å². The van der Waals surface area contributed by atoms with E-state index in [4.69, 9.17) is 0 Å². The first-order valence-electron chi connectivity index (χ1n) is 7.03. The Morgan fingerprint density at radius 1 is 0.958 bits per heavy atom. The zero-order valence-electron chi connectivity index (χ0n) is 13.7. The highest BCUT2D eigenvalue weighted by atomic mass is 33.3. The van der Waals surface area contributed by atoms with Crippen molar-refractivity contribution >= 4 is 64.0 Å². The van der Waals surface area contributed by atoms with Crippen LogP contribution in [0.25, 0.3) is 17.3 Å². The summed E-state index contributed by atoms with van der Waals surface area (Å²) in [4.78, 5) is 4.44. The summed E-state index contributed by atoms with van der Waals surface area (Å²) in [5.74, 6) is 0. The van der Waals surface area contributed by atoms with Crippen molar-refractivity contribution < 1.29 is 0 Å². The van der Waals surface area contributed by atoms with E-state index >= 15 is 0 Å². The van der Waals surface area contributed by atoms with Gasteiger partial charge in [-0.15, -0.1) is 0 Å². The molecule has 0 spiro atoms. The van der Waals surface area contributed by atoms with Crippen LogP contribution in [0.4, 0.5) is 0 Å². The number of hydrogen-bond donors (Lipinski definition) is 0. The molecule has 0 bridgehead atoms. The summed E-state index contributed by atoms with van der Waals surface area (Å²) in [7, 11) is 5.63. The summed E-state index contributed by atoms with van der Waals surface area (Å²) in [6.45, 7) is 10.4. The second kappa shape index (κ2) is 11.1. The minimum Gasteiger partial charge on any atom is -0.256 e. The van der Waals surface area contributed by atoms with Crippen molar-refractivity contribution in [3.8, 4) is 11.3 Å². The van der Waals surface area contributed by atoms with Crippen molar-refractivity contribution in [1.82, 2.24) is 4.98 Å². The smallest absolute Gasteiger partial charge is 0.0702 e. The average molecular weight is 430 g/mol. The average Bonchev–Trinajstić information content (AvgIpc) is 2.60. The van der Waals surface area contributed by atoms with Gasteiger partial charge in [-0.1, -0.05) is 63.8 Å². The van der Waals surface area contributed by atoms with Gasteiger partial charge >= 0.3 is 0 Å². The standard InChI is InChI=1S/C17H19N.S6/c1-5-13-6-11-16(18-12-13)14-7-9-15(10-8-14)17(2,3)4;1-3-5-6-4-2/h5-12H,1H2,2-4H3;. The van der Waals surface area contributed by atoms with E-state index in [2.05, 4.69) is 79.0 Å². The topological polar surface area (TPSA) is 12.9 Å². The molecule has 0 unspecified atom stereocenters. The van der Waals surface area contributed by atoms with Crippen LogP contribution in [0.3, 0.4) is 0 Å². The second-order valence-electron chi connectivity index (χ2n) is 5.78. The van der Waals surface area contributed by atoms with Gasteiger partial charge in [0.2, 0.25) is 0 Å². The lowest BCUT2D eigenvalue weighted by atomic mass is 9.86. The largest absolute Gasteiger partial charge is 0.256 e. The number of benzene rings is 1. The van der Waals surface area contributed by atoms with Gasteiger partial charge in [-0.05, 0) is 22.6 Å². The molecule has 0 fully saturated rings. The van der Waals surface area contributed by atoms with E-state index in [1.807, 2.05) is 18.3 Å². The van der Waals surface area contributed by atoms with Crippen LogP contribution >= 0.6 is 0 Å². The van der Waals surface area contributed by atoms with E-state index in [1.54, 1.807) is 6.08 Å². The number of rotatable bonds is 2. The molecule has 0 saturated heterocycles. The summed E-state index contributed by atoms with van der Waals surface area (Å²) >= 11 is 9.03. The quantitative estimate of drug-likeness (QED) is 0.688. The van der Waals surface area contributed by atoms with Crippen LogP contribution in [-0.4, -0.2) is 4.98 Å². The van der Waals surface area contributed by atoms with E-state index in [0.717, 1.165) is 16.8 Å². The fourth-order valence-corrected chi connectivity index (χ4v) is 7.35. The van der Waals surface area contributed by atoms with Gasteiger partial charge in [-0.2, -0.15) is 0 Å². The van der Waals surface area contributed by atoms with Crippen LogP contribution < -0.4 is 0 Å². The molecule has 0 amide bonds. The van der Waals surface area contributed by atoms with E-state index in [-0.39, 0.29) is 5.41 Å². The number of hydrogen-bond acceptors (Lipinski definition) is 3. The molecular formula is C17H19NS6. The van der Waals surface area contributed by atoms with Crippen LogP contribution in [-0.2, 0) is 63.3 Å². The summed E-state index contributed by atoms with van der Waals surface area (Å²) < 4.78 is 0. The third-order valence-electron chi connectivity index (χ3n) is 3.15. The van der Waals surface area contributed by atoms with Crippen molar-refractivity contribution in [3.05, 3.63) is 60.3 Å². The Kier molecular flexibility index (Phi) is 9.95. The number of aromatic nitrogens is 1. The van der Waals surface area contributed by atoms with Gasteiger partial charge in [0, 0.05) is 69.7 Å². The molecule has 2 rings (SSSR count). The third-order valence-corrected chi connectivity index (χ3v) is 9.82. The van der Waals surface area contributed by atoms with Gasteiger partial charge in [0.15, 0.2) is 0 Å². The molecule has 2 aromatic rings. The van der Waals surface area contributed by atoms with E-state index in [0.29, 0.717) is 0 Å². The van der Waals surface area contributed by atoms with Crippen molar-refractivity contribution in [2.75, 3.05) is 0 Å². The lowest BCUT2D eigenvalue weighted by molar-refractivity contribution is 0.590. The molecule has 24 heavy (non-hydrogen) atoms. The number of pyridine rings is 1. The van der Waals surface area contributed by atoms with Crippen molar-refractivity contribution in [3.63, 3.8) is 0 Å². The molecule has 128 valence electrons. The molecule has 0 aliphatic carbocycles. The molecule has 0 N–H and O–H groups in total. The normalized spacial score (nSPS) is 9.96.